The molecule has 1 aromatic rings. The number of rotatable bonds is 5. The summed E-state index contributed by atoms with van der Waals surface area (Å²) in [4.78, 5) is 23.5. The summed E-state index contributed by atoms with van der Waals surface area (Å²) >= 11 is 2.31. The second-order valence-corrected chi connectivity index (χ2v) is 8.63. The van der Waals surface area contributed by atoms with Gasteiger partial charge >= 0.3 is 11.9 Å². The van der Waals surface area contributed by atoms with E-state index in [1.54, 1.807) is 7.11 Å². The van der Waals surface area contributed by atoms with Gasteiger partial charge in [-0.15, -0.1) is 0 Å². The Labute approximate surface area is 153 Å². The molecule has 130 valence electrons. The number of halogens is 1. The van der Waals surface area contributed by atoms with Crippen LogP contribution in [0.5, 0.6) is 11.5 Å². The SMILES string of the molecule is COC(=O)CC[C@@](C)(I)C1Cc2c(OC)cc3c(c2O1)C(=O)OC3. The Balaban J connectivity index is 1.88. The van der Waals surface area contributed by atoms with Gasteiger partial charge in [-0.2, -0.15) is 0 Å². The average molecular weight is 446 g/mol. The van der Waals surface area contributed by atoms with Crippen molar-refractivity contribution in [3.8, 4) is 11.5 Å². The van der Waals surface area contributed by atoms with Gasteiger partial charge in [0.05, 0.1) is 17.6 Å². The van der Waals surface area contributed by atoms with Gasteiger partial charge in [-0.3, -0.25) is 4.79 Å². The van der Waals surface area contributed by atoms with E-state index >= 15 is 0 Å². The molecule has 2 heterocycles. The number of methoxy groups -OCH3 is 2. The number of ether oxygens (including phenoxy) is 4. The molecule has 0 spiro atoms. The standard InChI is InChI=1S/C17H19IO6/c1-17(18,5-4-13(19)22-3)12-7-10-11(21-2)6-9-8-23-16(20)14(9)15(10)24-12/h6,12H,4-5,7-8H2,1-3H3/t12?,17-/m1/s1. The highest BCUT2D eigenvalue weighted by Crippen LogP contribution is 2.47. The molecule has 0 saturated heterocycles. The van der Waals surface area contributed by atoms with Crippen LogP contribution in [0.1, 0.15) is 41.3 Å². The summed E-state index contributed by atoms with van der Waals surface area (Å²) in [5.41, 5.74) is 2.19. The number of benzene rings is 1. The van der Waals surface area contributed by atoms with Crippen molar-refractivity contribution in [1.82, 2.24) is 0 Å². The maximum absolute atomic E-state index is 12.0. The number of hydrogen-bond acceptors (Lipinski definition) is 6. The van der Waals surface area contributed by atoms with E-state index in [1.807, 2.05) is 13.0 Å². The third kappa shape index (κ3) is 2.94. The number of esters is 2. The summed E-state index contributed by atoms with van der Waals surface area (Å²) in [5, 5.41) is 0. The van der Waals surface area contributed by atoms with Crippen LogP contribution in [0.4, 0.5) is 0 Å². The molecule has 24 heavy (non-hydrogen) atoms. The predicted octanol–water partition coefficient (Wildman–Crippen LogP) is 2.82. The van der Waals surface area contributed by atoms with Gasteiger partial charge in [-0.25, -0.2) is 4.79 Å². The normalized spacial score (nSPS) is 20.5. The van der Waals surface area contributed by atoms with Gasteiger partial charge in [0, 0.05) is 24.0 Å². The molecule has 0 radical (unpaired) electrons. The van der Waals surface area contributed by atoms with Crippen LogP contribution in [0.25, 0.3) is 0 Å². The van der Waals surface area contributed by atoms with Gasteiger partial charge in [0.15, 0.2) is 0 Å². The summed E-state index contributed by atoms with van der Waals surface area (Å²) in [7, 11) is 2.99. The van der Waals surface area contributed by atoms with Gasteiger partial charge in [-0.05, 0) is 19.4 Å². The largest absolute Gasteiger partial charge is 0.496 e. The van der Waals surface area contributed by atoms with Crippen molar-refractivity contribution in [2.75, 3.05) is 14.2 Å². The second-order valence-electron chi connectivity index (χ2n) is 6.16. The lowest BCUT2D eigenvalue weighted by atomic mass is 9.94. The zero-order chi connectivity index (χ0) is 17.5. The highest BCUT2D eigenvalue weighted by atomic mass is 127. The monoisotopic (exact) mass is 446 g/mol. The van der Waals surface area contributed by atoms with Crippen molar-refractivity contribution in [2.45, 2.75) is 42.3 Å². The Morgan fingerprint density at radius 1 is 1.46 bits per heavy atom. The number of hydrogen-bond donors (Lipinski definition) is 0. The van der Waals surface area contributed by atoms with Crippen LogP contribution < -0.4 is 9.47 Å². The van der Waals surface area contributed by atoms with Gasteiger partial charge in [0.25, 0.3) is 0 Å². The summed E-state index contributed by atoms with van der Waals surface area (Å²) in [6.45, 7) is 2.29. The maximum atomic E-state index is 12.0. The molecule has 0 N–H and O–H groups in total. The van der Waals surface area contributed by atoms with E-state index in [0.29, 0.717) is 36.3 Å². The van der Waals surface area contributed by atoms with Crippen LogP contribution in [0, 0.1) is 0 Å². The molecule has 7 heteroatoms. The highest BCUT2D eigenvalue weighted by Gasteiger charge is 2.43. The lowest BCUT2D eigenvalue weighted by Crippen LogP contribution is -2.37. The fourth-order valence-corrected chi connectivity index (χ4v) is 3.72. The van der Waals surface area contributed by atoms with Gasteiger partial charge in [0.2, 0.25) is 0 Å². The maximum Gasteiger partial charge on any atom is 0.342 e. The summed E-state index contributed by atoms with van der Waals surface area (Å²) in [5.74, 6) is 0.687. The van der Waals surface area contributed by atoms with Crippen LogP contribution in [0.3, 0.4) is 0 Å². The topological polar surface area (TPSA) is 71.1 Å². The first-order valence-electron chi connectivity index (χ1n) is 7.69. The van der Waals surface area contributed by atoms with E-state index in [2.05, 4.69) is 22.6 Å². The lowest BCUT2D eigenvalue weighted by Gasteiger charge is -2.28. The molecular weight excluding hydrogens is 427 g/mol. The molecular formula is C17H19IO6. The number of alkyl halides is 1. The summed E-state index contributed by atoms with van der Waals surface area (Å²) in [6, 6.07) is 1.85. The molecule has 0 amide bonds. The fourth-order valence-electron chi connectivity index (χ4n) is 3.10. The van der Waals surface area contributed by atoms with Crippen LogP contribution in [0.15, 0.2) is 6.07 Å². The molecule has 2 aliphatic heterocycles. The van der Waals surface area contributed by atoms with Crippen LogP contribution in [0.2, 0.25) is 0 Å². The first-order chi connectivity index (χ1) is 11.4. The molecule has 0 bridgehead atoms. The number of carbonyl (C=O) groups excluding carboxylic acids is 2. The smallest absolute Gasteiger partial charge is 0.342 e. The second kappa shape index (κ2) is 6.42. The Bertz CT molecular complexity index is 697. The zero-order valence-corrected chi connectivity index (χ0v) is 16.0. The molecule has 2 atom stereocenters. The van der Waals surface area contributed by atoms with Crippen LogP contribution in [-0.4, -0.2) is 35.7 Å². The molecule has 2 aliphatic rings. The van der Waals surface area contributed by atoms with Crippen molar-refractivity contribution in [2.24, 2.45) is 0 Å². The Morgan fingerprint density at radius 2 is 2.21 bits per heavy atom. The minimum Gasteiger partial charge on any atom is -0.496 e. The fraction of sp³-hybridized carbons (Fsp3) is 0.529. The average Bonchev–Trinajstić information content (AvgIpc) is 3.16. The van der Waals surface area contributed by atoms with Crippen molar-refractivity contribution in [3.05, 3.63) is 22.8 Å². The minimum atomic E-state index is -0.353. The number of cyclic esters (lactones) is 1. The van der Waals surface area contributed by atoms with Gasteiger partial charge in [-0.1, -0.05) is 22.6 Å². The van der Waals surface area contributed by atoms with E-state index in [4.69, 9.17) is 18.9 Å². The van der Waals surface area contributed by atoms with Crippen molar-refractivity contribution < 1.29 is 28.5 Å². The van der Waals surface area contributed by atoms with Crippen LogP contribution in [-0.2, 0) is 27.3 Å². The first kappa shape index (κ1) is 17.3. The predicted molar refractivity (Wildman–Crippen MR) is 93.9 cm³/mol. The summed E-state index contributed by atoms with van der Waals surface area (Å²) < 4.78 is 21.2. The molecule has 0 saturated carbocycles. The molecule has 6 nitrogen and oxygen atoms in total. The van der Waals surface area contributed by atoms with E-state index in [0.717, 1.165) is 11.1 Å². The molecule has 0 fully saturated rings. The zero-order valence-electron chi connectivity index (χ0n) is 13.8. The van der Waals surface area contributed by atoms with E-state index < -0.39 is 0 Å². The molecule has 1 unspecified atom stereocenters. The summed E-state index contributed by atoms with van der Waals surface area (Å²) in [6.07, 6.45) is 1.41. The third-order valence-corrected chi connectivity index (χ3v) is 5.81. The molecule has 0 aliphatic carbocycles. The number of carbonyl (C=O) groups is 2. The van der Waals surface area contributed by atoms with E-state index in [-0.39, 0.29) is 28.1 Å². The van der Waals surface area contributed by atoms with Gasteiger partial charge < -0.3 is 18.9 Å². The minimum absolute atomic E-state index is 0.161. The quantitative estimate of drug-likeness (QED) is 0.394. The van der Waals surface area contributed by atoms with E-state index in [9.17, 15) is 9.59 Å². The molecule has 1 aromatic carbocycles. The van der Waals surface area contributed by atoms with Gasteiger partial charge in [0.1, 0.15) is 29.8 Å². The highest BCUT2D eigenvalue weighted by molar-refractivity contribution is 14.1. The van der Waals surface area contributed by atoms with Crippen molar-refractivity contribution in [3.63, 3.8) is 0 Å². The first-order valence-corrected chi connectivity index (χ1v) is 8.77. The Kier molecular flexibility index (Phi) is 4.63. The van der Waals surface area contributed by atoms with E-state index in [1.165, 1.54) is 7.11 Å². The Morgan fingerprint density at radius 3 is 2.88 bits per heavy atom. The van der Waals surface area contributed by atoms with Crippen molar-refractivity contribution in [1.29, 1.82) is 0 Å². The molecule has 3 rings (SSSR count). The number of fused-ring (bicyclic) bond motifs is 3. The van der Waals surface area contributed by atoms with Crippen LogP contribution >= 0.6 is 22.6 Å². The Hall–Kier alpha value is -1.51. The van der Waals surface area contributed by atoms with Crippen molar-refractivity contribution >= 4 is 34.5 Å². The molecule has 0 aromatic heterocycles. The lowest BCUT2D eigenvalue weighted by molar-refractivity contribution is -0.140. The third-order valence-electron chi connectivity index (χ3n) is 4.57.